The van der Waals surface area contributed by atoms with Crippen molar-refractivity contribution in [3.05, 3.63) is 52.4 Å². The molecule has 0 spiro atoms. The maximum atomic E-state index is 7.19. The number of ether oxygens (including phenoxy) is 2. The Labute approximate surface area is 126 Å². The molecule has 0 radical (unpaired) electrons. The van der Waals surface area contributed by atoms with E-state index < -0.39 is 0 Å². The van der Waals surface area contributed by atoms with Gasteiger partial charge in [0.25, 0.3) is 0 Å². The van der Waals surface area contributed by atoms with Gasteiger partial charge in [0, 0.05) is 17.0 Å². The number of nitrogens with one attached hydrogen (secondary N) is 1. The van der Waals surface area contributed by atoms with E-state index in [0.717, 1.165) is 28.2 Å². The highest BCUT2D eigenvalue weighted by atomic mass is 16.5. The molecule has 3 heteroatoms. The highest BCUT2D eigenvalue weighted by Gasteiger charge is 2.02. The lowest BCUT2D eigenvalue weighted by molar-refractivity contribution is 0.369. The second-order valence-corrected chi connectivity index (χ2v) is 4.38. The standard InChI is InChI=1S/C18H23NO2/c1-5-7-14-13-15(17(20-3)11-12-19)9-10-16(14)18(21-4)8-6-2/h6-13,19H,5H2,1-4H3/b8-6-,14-7-,17-11+,18-16+,19-12?. The fourth-order valence-corrected chi connectivity index (χ4v) is 2.11. The number of hydrogen-bond donors (Lipinski definition) is 1. The van der Waals surface area contributed by atoms with Gasteiger partial charge < -0.3 is 14.9 Å². The zero-order chi connectivity index (χ0) is 15.7. The first kappa shape index (κ1) is 16.8. The van der Waals surface area contributed by atoms with Crippen LogP contribution in [0.2, 0.25) is 0 Å². The van der Waals surface area contributed by atoms with Crippen molar-refractivity contribution in [1.82, 2.24) is 0 Å². The Balaban J connectivity index is 3.64. The van der Waals surface area contributed by atoms with Gasteiger partial charge in [0.05, 0.1) is 14.2 Å². The van der Waals surface area contributed by atoms with E-state index in [1.165, 1.54) is 6.21 Å². The zero-order valence-electron chi connectivity index (χ0n) is 13.1. The molecule has 0 atom stereocenters. The Kier molecular flexibility index (Phi) is 7.02. The van der Waals surface area contributed by atoms with Gasteiger partial charge in [-0.05, 0) is 42.8 Å². The van der Waals surface area contributed by atoms with E-state index in [1.807, 2.05) is 31.2 Å². The van der Waals surface area contributed by atoms with Crippen molar-refractivity contribution in [1.29, 1.82) is 5.41 Å². The molecule has 0 saturated heterocycles. The van der Waals surface area contributed by atoms with Crippen LogP contribution in [0.15, 0.2) is 36.4 Å². The van der Waals surface area contributed by atoms with Crippen LogP contribution < -0.4 is 10.4 Å². The van der Waals surface area contributed by atoms with Crippen LogP contribution in [-0.2, 0) is 9.47 Å². The van der Waals surface area contributed by atoms with Gasteiger partial charge >= 0.3 is 0 Å². The summed E-state index contributed by atoms with van der Waals surface area (Å²) < 4.78 is 10.8. The average Bonchev–Trinajstić information content (AvgIpc) is 2.51. The van der Waals surface area contributed by atoms with Gasteiger partial charge in [-0.1, -0.05) is 25.1 Å². The van der Waals surface area contributed by atoms with Crippen molar-refractivity contribution in [2.75, 3.05) is 14.2 Å². The zero-order valence-corrected chi connectivity index (χ0v) is 13.1. The summed E-state index contributed by atoms with van der Waals surface area (Å²) in [5.41, 5.74) is 0.945. The van der Waals surface area contributed by atoms with Crippen molar-refractivity contribution in [2.24, 2.45) is 0 Å². The Morgan fingerprint density at radius 3 is 2.52 bits per heavy atom. The molecule has 0 unspecified atom stereocenters. The van der Waals surface area contributed by atoms with Crippen LogP contribution in [0.25, 0.3) is 17.6 Å². The predicted molar refractivity (Wildman–Crippen MR) is 89.4 cm³/mol. The Bertz CT molecular complexity index is 654. The van der Waals surface area contributed by atoms with Crippen molar-refractivity contribution in [3.63, 3.8) is 0 Å². The first-order chi connectivity index (χ1) is 10.2. The van der Waals surface area contributed by atoms with Crippen molar-refractivity contribution >= 4 is 23.8 Å². The first-order valence-electron chi connectivity index (χ1n) is 6.98. The number of allylic oxidation sites excluding steroid dienone is 2. The minimum absolute atomic E-state index is 0.673. The molecule has 112 valence electrons. The molecule has 0 aliphatic heterocycles. The molecule has 0 heterocycles. The Morgan fingerprint density at radius 1 is 1.24 bits per heavy atom. The summed E-state index contributed by atoms with van der Waals surface area (Å²) in [5.74, 6) is 1.51. The van der Waals surface area contributed by atoms with E-state index in [1.54, 1.807) is 20.3 Å². The van der Waals surface area contributed by atoms with Crippen molar-refractivity contribution in [3.8, 4) is 0 Å². The summed E-state index contributed by atoms with van der Waals surface area (Å²) in [4.78, 5) is 0. The number of hydrogen-bond acceptors (Lipinski definition) is 3. The van der Waals surface area contributed by atoms with Gasteiger partial charge in [-0.15, -0.1) is 0 Å². The third kappa shape index (κ3) is 4.35. The highest BCUT2D eigenvalue weighted by Crippen LogP contribution is 2.11. The summed E-state index contributed by atoms with van der Waals surface area (Å²) >= 11 is 0. The molecule has 0 aromatic heterocycles. The topological polar surface area (TPSA) is 42.3 Å². The molecule has 1 aromatic rings. The number of benzene rings is 1. The van der Waals surface area contributed by atoms with Gasteiger partial charge in [0.1, 0.15) is 11.5 Å². The molecule has 1 N–H and O–H groups in total. The number of methoxy groups -OCH3 is 2. The normalized spacial score (nSPS) is 14.3. The summed E-state index contributed by atoms with van der Waals surface area (Å²) in [7, 11) is 3.29. The average molecular weight is 285 g/mol. The predicted octanol–water partition coefficient (Wildman–Crippen LogP) is 2.84. The van der Waals surface area contributed by atoms with E-state index >= 15 is 0 Å². The lowest BCUT2D eigenvalue weighted by atomic mass is 10.1. The third-order valence-corrected chi connectivity index (χ3v) is 3.02. The monoisotopic (exact) mass is 285 g/mol. The van der Waals surface area contributed by atoms with Gasteiger partial charge in [0.2, 0.25) is 0 Å². The van der Waals surface area contributed by atoms with Crippen LogP contribution >= 0.6 is 0 Å². The molecule has 0 fully saturated rings. The third-order valence-electron chi connectivity index (χ3n) is 3.02. The minimum Gasteiger partial charge on any atom is -0.496 e. The highest BCUT2D eigenvalue weighted by molar-refractivity contribution is 5.80. The summed E-state index contributed by atoms with van der Waals surface area (Å²) in [6.07, 6.45) is 9.85. The van der Waals surface area contributed by atoms with Gasteiger partial charge in [-0.2, -0.15) is 0 Å². The Morgan fingerprint density at radius 2 is 2.00 bits per heavy atom. The molecular weight excluding hydrogens is 262 g/mol. The maximum absolute atomic E-state index is 7.19. The summed E-state index contributed by atoms with van der Waals surface area (Å²) in [5, 5.41) is 9.34. The molecule has 3 nitrogen and oxygen atoms in total. The van der Waals surface area contributed by atoms with E-state index in [2.05, 4.69) is 19.1 Å². The fourth-order valence-electron chi connectivity index (χ4n) is 2.11. The molecule has 0 bridgehead atoms. The van der Waals surface area contributed by atoms with Crippen LogP contribution in [0.1, 0.15) is 25.8 Å². The molecule has 0 amide bonds. The quantitative estimate of drug-likeness (QED) is 0.645. The molecule has 21 heavy (non-hydrogen) atoms. The summed E-state index contributed by atoms with van der Waals surface area (Å²) in [6.45, 7) is 4.07. The van der Waals surface area contributed by atoms with Crippen LogP contribution in [0.4, 0.5) is 0 Å². The molecule has 0 aliphatic rings. The smallest absolute Gasteiger partial charge is 0.127 e. The molecular formula is C18H23NO2. The lowest BCUT2D eigenvalue weighted by Crippen LogP contribution is -2.27. The molecule has 1 aromatic carbocycles. The van der Waals surface area contributed by atoms with Crippen LogP contribution in [-0.4, -0.2) is 20.4 Å². The lowest BCUT2D eigenvalue weighted by Gasteiger charge is -2.07. The Hall–Kier alpha value is -2.29. The molecule has 1 rings (SSSR count). The fraction of sp³-hybridized carbons (Fsp3) is 0.278. The van der Waals surface area contributed by atoms with E-state index in [-0.39, 0.29) is 0 Å². The largest absolute Gasteiger partial charge is 0.496 e. The van der Waals surface area contributed by atoms with E-state index in [9.17, 15) is 0 Å². The minimum atomic E-state index is 0.673. The van der Waals surface area contributed by atoms with Gasteiger partial charge in [-0.3, -0.25) is 0 Å². The SMILES string of the molecule is C\C=C/C(OC)=c1/ccc(/C(=C\C=N)OC)c/c1=C/CC. The first-order valence-corrected chi connectivity index (χ1v) is 6.98. The van der Waals surface area contributed by atoms with Crippen molar-refractivity contribution in [2.45, 2.75) is 20.3 Å². The van der Waals surface area contributed by atoms with Crippen LogP contribution in [0.3, 0.4) is 0 Å². The second-order valence-electron chi connectivity index (χ2n) is 4.38. The number of rotatable bonds is 6. The molecule has 0 aliphatic carbocycles. The van der Waals surface area contributed by atoms with Crippen LogP contribution in [0, 0.1) is 5.41 Å². The van der Waals surface area contributed by atoms with Gasteiger partial charge in [-0.25, -0.2) is 0 Å². The maximum Gasteiger partial charge on any atom is 0.127 e. The van der Waals surface area contributed by atoms with E-state index in [0.29, 0.717) is 5.76 Å². The second kappa shape index (κ2) is 8.80. The van der Waals surface area contributed by atoms with E-state index in [4.69, 9.17) is 14.9 Å². The van der Waals surface area contributed by atoms with Gasteiger partial charge in [0.15, 0.2) is 0 Å². The van der Waals surface area contributed by atoms with Crippen molar-refractivity contribution < 1.29 is 9.47 Å². The van der Waals surface area contributed by atoms with Crippen LogP contribution in [0.5, 0.6) is 0 Å². The molecule has 0 saturated carbocycles. The summed E-state index contributed by atoms with van der Waals surface area (Å²) in [6, 6.07) is 6.05.